The number of carbonyl (C=O) groups is 1. The maximum Gasteiger partial charge on any atom is 0.321 e. The Morgan fingerprint density at radius 3 is 2.50 bits per heavy atom. The van der Waals surface area contributed by atoms with Gasteiger partial charge >= 0.3 is 5.97 Å². The van der Waals surface area contributed by atoms with Crippen LogP contribution in [0.25, 0.3) is 0 Å². The van der Waals surface area contributed by atoms with E-state index in [9.17, 15) is 9.00 Å². The highest BCUT2D eigenvalue weighted by Crippen LogP contribution is 2.03. The van der Waals surface area contributed by atoms with Crippen molar-refractivity contribution in [2.45, 2.75) is 17.7 Å². The number of carboxylic acids is 1. The lowest BCUT2D eigenvalue weighted by atomic mass is 10.2. The van der Waals surface area contributed by atoms with Gasteiger partial charge < -0.3 is 15.4 Å². The second kappa shape index (κ2) is 4.87. The van der Waals surface area contributed by atoms with Gasteiger partial charge in [-0.1, -0.05) is 0 Å². The van der Waals surface area contributed by atoms with Gasteiger partial charge in [0.2, 0.25) is 0 Å². The zero-order valence-corrected chi connectivity index (χ0v) is 6.95. The SMILES string of the molecule is C#CCC(C(N)C(=O)O)S(=O)O. The second-order valence-corrected chi connectivity index (χ2v) is 3.24. The third-order valence-electron chi connectivity index (χ3n) is 1.26. The summed E-state index contributed by atoms with van der Waals surface area (Å²) in [5.41, 5.74) is 5.10. The van der Waals surface area contributed by atoms with Crippen molar-refractivity contribution in [3.8, 4) is 12.3 Å². The van der Waals surface area contributed by atoms with Gasteiger partial charge in [0.1, 0.15) is 6.04 Å². The molecule has 6 heteroatoms. The van der Waals surface area contributed by atoms with Crippen LogP contribution >= 0.6 is 0 Å². The Balaban J connectivity index is 4.42. The molecule has 0 saturated heterocycles. The molecule has 5 nitrogen and oxygen atoms in total. The fourth-order valence-electron chi connectivity index (χ4n) is 0.599. The quantitative estimate of drug-likeness (QED) is 0.391. The molecule has 0 amide bonds. The van der Waals surface area contributed by atoms with Gasteiger partial charge in [-0.25, -0.2) is 4.21 Å². The van der Waals surface area contributed by atoms with Crippen LogP contribution < -0.4 is 5.73 Å². The topological polar surface area (TPSA) is 101 Å². The predicted octanol–water partition coefficient (Wildman–Crippen LogP) is -0.988. The van der Waals surface area contributed by atoms with E-state index in [-0.39, 0.29) is 6.42 Å². The first-order chi connectivity index (χ1) is 5.50. The number of rotatable bonds is 4. The molecule has 0 rings (SSSR count). The number of nitrogens with two attached hydrogens (primary N) is 1. The van der Waals surface area contributed by atoms with Gasteiger partial charge in [0, 0.05) is 6.42 Å². The molecule has 4 N–H and O–H groups in total. The summed E-state index contributed by atoms with van der Waals surface area (Å²) in [7, 11) is 0. The monoisotopic (exact) mass is 191 g/mol. The number of carboxylic acid groups (broad SMARTS) is 1. The minimum Gasteiger partial charge on any atom is -0.480 e. The van der Waals surface area contributed by atoms with E-state index < -0.39 is 28.3 Å². The zero-order valence-electron chi connectivity index (χ0n) is 6.14. The van der Waals surface area contributed by atoms with E-state index in [4.69, 9.17) is 21.8 Å². The number of hydrogen-bond donors (Lipinski definition) is 3. The first-order valence-corrected chi connectivity index (χ1v) is 4.19. The van der Waals surface area contributed by atoms with Crippen LogP contribution in [0.1, 0.15) is 6.42 Å². The third kappa shape index (κ3) is 3.00. The van der Waals surface area contributed by atoms with Crippen molar-refractivity contribution < 1.29 is 18.7 Å². The summed E-state index contributed by atoms with van der Waals surface area (Å²) in [5, 5.41) is 7.28. The smallest absolute Gasteiger partial charge is 0.321 e. The first-order valence-electron chi connectivity index (χ1n) is 3.02. The summed E-state index contributed by atoms with van der Waals surface area (Å²) in [6, 6.07) is -1.40. The van der Waals surface area contributed by atoms with Crippen molar-refractivity contribution in [3.63, 3.8) is 0 Å². The lowest BCUT2D eigenvalue weighted by Crippen LogP contribution is -2.43. The van der Waals surface area contributed by atoms with Crippen LogP contribution in [0.15, 0.2) is 0 Å². The number of terminal acetylenes is 1. The Morgan fingerprint density at radius 2 is 2.25 bits per heavy atom. The molecule has 0 bridgehead atoms. The highest BCUT2D eigenvalue weighted by atomic mass is 32.2. The molecule has 0 aliphatic heterocycles. The molecule has 3 unspecified atom stereocenters. The second-order valence-electron chi connectivity index (χ2n) is 2.09. The Morgan fingerprint density at radius 1 is 1.75 bits per heavy atom. The molecule has 0 aliphatic carbocycles. The van der Waals surface area contributed by atoms with E-state index in [1.165, 1.54) is 0 Å². The maximum absolute atomic E-state index is 10.5. The summed E-state index contributed by atoms with van der Waals surface area (Å²) in [6.07, 6.45) is 4.73. The van der Waals surface area contributed by atoms with Gasteiger partial charge in [-0.05, 0) is 0 Å². The lowest BCUT2D eigenvalue weighted by molar-refractivity contribution is -0.138. The molecule has 3 atom stereocenters. The minimum absolute atomic E-state index is 0.128. The van der Waals surface area contributed by atoms with Crippen molar-refractivity contribution in [2.24, 2.45) is 5.73 Å². The normalized spacial score (nSPS) is 17.4. The van der Waals surface area contributed by atoms with Crippen LogP contribution in [0.4, 0.5) is 0 Å². The van der Waals surface area contributed by atoms with Crippen LogP contribution in [-0.4, -0.2) is 31.1 Å². The van der Waals surface area contributed by atoms with E-state index >= 15 is 0 Å². The molecule has 0 fully saturated rings. The van der Waals surface area contributed by atoms with Crippen LogP contribution in [0.2, 0.25) is 0 Å². The number of hydrogen-bond acceptors (Lipinski definition) is 3. The third-order valence-corrected chi connectivity index (χ3v) is 2.24. The van der Waals surface area contributed by atoms with Crippen molar-refractivity contribution in [3.05, 3.63) is 0 Å². The molecular weight excluding hydrogens is 182 g/mol. The standard InChI is InChI=1S/C6H9NO4S/c1-2-3-4(12(10)11)5(7)6(8)9/h1,4-5H,3,7H2,(H,8,9)(H,10,11). The molecule has 68 valence electrons. The Kier molecular flexibility index (Phi) is 4.51. The van der Waals surface area contributed by atoms with Crippen molar-refractivity contribution in [1.29, 1.82) is 0 Å². The Hall–Kier alpha value is -0.900. The molecule has 0 aromatic rings. The molecular formula is C6H9NO4S. The van der Waals surface area contributed by atoms with Crippen LogP contribution in [0.3, 0.4) is 0 Å². The van der Waals surface area contributed by atoms with Crippen molar-refractivity contribution >= 4 is 17.0 Å². The lowest BCUT2D eigenvalue weighted by Gasteiger charge is -2.13. The first kappa shape index (κ1) is 11.1. The van der Waals surface area contributed by atoms with E-state index in [1.54, 1.807) is 0 Å². The minimum atomic E-state index is -2.30. The average molecular weight is 191 g/mol. The number of aliphatic carboxylic acids is 1. The summed E-state index contributed by atoms with van der Waals surface area (Å²) in [6.45, 7) is 0. The van der Waals surface area contributed by atoms with Crippen LogP contribution in [0, 0.1) is 12.3 Å². The van der Waals surface area contributed by atoms with Crippen LogP contribution in [-0.2, 0) is 15.9 Å². The van der Waals surface area contributed by atoms with E-state index in [0.717, 1.165) is 0 Å². The highest BCUT2D eigenvalue weighted by Gasteiger charge is 2.28. The van der Waals surface area contributed by atoms with Gasteiger partial charge in [0.25, 0.3) is 0 Å². The summed E-state index contributed by atoms with van der Waals surface area (Å²) >= 11 is -2.30. The fraction of sp³-hybridized carbons (Fsp3) is 0.500. The molecule has 0 saturated carbocycles. The van der Waals surface area contributed by atoms with E-state index in [0.29, 0.717) is 0 Å². The molecule has 0 aromatic heterocycles. The average Bonchev–Trinajstić information content (AvgIpc) is 1.98. The molecule has 0 radical (unpaired) electrons. The summed E-state index contributed by atoms with van der Waals surface area (Å²) in [5.74, 6) is 0.753. The fourth-order valence-corrected chi connectivity index (χ4v) is 1.20. The molecule has 0 heterocycles. The van der Waals surface area contributed by atoms with Gasteiger partial charge in [0.05, 0.1) is 5.25 Å². The Bertz CT molecular complexity index is 234. The molecule has 0 spiro atoms. The van der Waals surface area contributed by atoms with Gasteiger partial charge in [-0.15, -0.1) is 12.3 Å². The Labute approximate surface area is 72.2 Å². The maximum atomic E-state index is 10.5. The van der Waals surface area contributed by atoms with E-state index in [2.05, 4.69) is 5.92 Å². The van der Waals surface area contributed by atoms with Crippen molar-refractivity contribution in [1.82, 2.24) is 0 Å². The van der Waals surface area contributed by atoms with Gasteiger partial charge in [-0.2, -0.15) is 0 Å². The predicted molar refractivity (Wildman–Crippen MR) is 43.6 cm³/mol. The van der Waals surface area contributed by atoms with E-state index in [1.807, 2.05) is 0 Å². The molecule has 12 heavy (non-hydrogen) atoms. The van der Waals surface area contributed by atoms with Crippen molar-refractivity contribution in [2.75, 3.05) is 0 Å². The van der Waals surface area contributed by atoms with Crippen LogP contribution in [0.5, 0.6) is 0 Å². The van der Waals surface area contributed by atoms with Gasteiger partial charge in [0.15, 0.2) is 11.1 Å². The molecule has 0 aromatic carbocycles. The zero-order chi connectivity index (χ0) is 9.72. The largest absolute Gasteiger partial charge is 0.480 e. The summed E-state index contributed by atoms with van der Waals surface area (Å²) < 4.78 is 19.1. The van der Waals surface area contributed by atoms with Gasteiger partial charge in [-0.3, -0.25) is 4.79 Å². The highest BCUT2D eigenvalue weighted by molar-refractivity contribution is 7.80. The summed E-state index contributed by atoms with van der Waals surface area (Å²) in [4.78, 5) is 10.3. The molecule has 0 aliphatic rings.